The SMILES string of the molecule is O=C(Nc1cccc2ccccc12)c1ccc2[nH]c(=O)c(=O)[nH]c2c1. The number of amides is 1. The summed E-state index contributed by atoms with van der Waals surface area (Å²) in [5.74, 6) is -0.301. The minimum absolute atomic E-state index is 0.301. The van der Waals surface area contributed by atoms with Gasteiger partial charge in [-0.15, -0.1) is 0 Å². The van der Waals surface area contributed by atoms with E-state index in [1.165, 1.54) is 6.07 Å². The average molecular weight is 331 g/mol. The maximum atomic E-state index is 12.6. The maximum absolute atomic E-state index is 12.6. The van der Waals surface area contributed by atoms with Gasteiger partial charge in [0.2, 0.25) is 0 Å². The van der Waals surface area contributed by atoms with E-state index >= 15 is 0 Å². The van der Waals surface area contributed by atoms with E-state index in [4.69, 9.17) is 0 Å². The van der Waals surface area contributed by atoms with Crippen molar-refractivity contribution < 1.29 is 4.79 Å². The van der Waals surface area contributed by atoms with Gasteiger partial charge in [0.25, 0.3) is 5.91 Å². The summed E-state index contributed by atoms with van der Waals surface area (Å²) in [5.41, 5.74) is 0.474. The van der Waals surface area contributed by atoms with E-state index in [2.05, 4.69) is 15.3 Å². The van der Waals surface area contributed by atoms with Gasteiger partial charge in [-0.3, -0.25) is 14.4 Å². The van der Waals surface area contributed by atoms with E-state index in [1.54, 1.807) is 12.1 Å². The third-order valence-electron chi connectivity index (χ3n) is 4.02. The second-order valence-electron chi connectivity index (χ2n) is 5.65. The quantitative estimate of drug-likeness (QED) is 0.493. The van der Waals surface area contributed by atoms with Crippen molar-refractivity contribution in [3.8, 4) is 0 Å². The molecule has 0 aliphatic heterocycles. The van der Waals surface area contributed by atoms with E-state index < -0.39 is 11.1 Å². The molecule has 0 fully saturated rings. The fourth-order valence-electron chi connectivity index (χ4n) is 2.78. The predicted octanol–water partition coefficient (Wildman–Crippen LogP) is 2.62. The lowest BCUT2D eigenvalue weighted by Gasteiger charge is -2.09. The van der Waals surface area contributed by atoms with Gasteiger partial charge in [0.15, 0.2) is 0 Å². The highest BCUT2D eigenvalue weighted by Gasteiger charge is 2.10. The average Bonchev–Trinajstić information content (AvgIpc) is 2.62. The summed E-state index contributed by atoms with van der Waals surface area (Å²) in [4.78, 5) is 40.3. The van der Waals surface area contributed by atoms with Crippen LogP contribution in [0.15, 0.2) is 70.3 Å². The zero-order chi connectivity index (χ0) is 17.4. The Labute approximate surface area is 141 Å². The van der Waals surface area contributed by atoms with Crippen molar-refractivity contribution in [3.63, 3.8) is 0 Å². The van der Waals surface area contributed by atoms with Crippen LogP contribution in [0.25, 0.3) is 21.8 Å². The van der Waals surface area contributed by atoms with Gasteiger partial charge in [0.1, 0.15) is 0 Å². The third kappa shape index (κ3) is 2.70. The van der Waals surface area contributed by atoms with Gasteiger partial charge < -0.3 is 15.3 Å². The zero-order valence-corrected chi connectivity index (χ0v) is 13.0. The van der Waals surface area contributed by atoms with Crippen molar-refractivity contribution in [1.82, 2.24) is 9.97 Å². The number of nitrogens with one attached hydrogen (secondary N) is 3. The lowest BCUT2D eigenvalue weighted by molar-refractivity contribution is 0.102. The molecule has 25 heavy (non-hydrogen) atoms. The third-order valence-corrected chi connectivity index (χ3v) is 4.02. The van der Waals surface area contributed by atoms with E-state index in [-0.39, 0.29) is 5.91 Å². The van der Waals surface area contributed by atoms with Gasteiger partial charge in [-0.1, -0.05) is 36.4 Å². The molecule has 0 aliphatic rings. The fraction of sp³-hybridized carbons (Fsp3) is 0. The van der Waals surface area contributed by atoms with Gasteiger partial charge in [0, 0.05) is 16.6 Å². The van der Waals surface area contributed by atoms with Crippen molar-refractivity contribution in [2.24, 2.45) is 0 Å². The van der Waals surface area contributed by atoms with Crippen LogP contribution in [0.5, 0.6) is 0 Å². The number of hydrogen-bond donors (Lipinski definition) is 3. The van der Waals surface area contributed by atoms with Crippen molar-refractivity contribution in [3.05, 3.63) is 86.9 Å². The number of H-pyrrole nitrogens is 2. The molecule has 0 bridgehead atoms. The molecule has 0 radical (unpaired) electrons. The summed E-state index contributed by atoms with van der Waals surface area (Å²) in [5, 5.41) is 4.86. The second kappa shape index (κ2) is 5.76. The van der Waals surface area contributed by atoms with Crippen molar-refractivity contribution >= 4 is 33.4 Å². The van der Waals surface area contributed by atoms with Crippen molar-refractivity contribution in [2.75, 3.05) is 5.32 Å². The fourth-order valence-corrected chi connectivity index (χ4v) is 2.78. The number of hydrogen-bond acceptors (Lipinski definition) is 3. The highest BCUT2D eigenvalue weighted by atomic mass is 16.2. The molecule has 6 heteroatoms. The van der Waals surface area contributed by atoms with Crippen LogP contribution in [0.4, 0.5) is 5.69 Å². The van der Waals surface area contributed by atoms with Crippen LogP contribution in [0, 0.1) is 0 Å². The number of benzene rings is 3. The molecule has 1 aromatic heterocycles. The number of carbonyl (C=O) groups is 1. The Kier molecular flexibility index (Phi) is 3.43. The molecule has 0 unspecified atom stereocenters. The van der Waals surface area contributed by atoms with Crippen LogP contribution in [0.2, 0.25) is 0 Å². The van der Waals surface area contributed by atoms with Gasteiger partial charge >= 0.3 is 11.1 Å². The Morgan fingerprint density at radius 3 is 2.36 bits per heavy atom. The number of aromatic amines is 2. The van der Waals surface area contributed by atoms with Crippen LogP contribution in [-0.2, 0) is 0 Å². The number of anilines is 1. The largest absolute Gasteiger partial charge is 0.321 e. The van der Waals surface area contributed by atoms with Gasteiger partial charge in [-0.25, -0.2) is 0 Å². The lowest BCUT2D eigenvalue weighted by atomic mass is 10.1. The van der Waals surface area contributed by atoms with Crippen molar-refractivity contribution in [2.45, 2.75) is 0 Å². The number of fused-ring (bicyclic) bond motifs is 2. The highest BCUT2D eigenvalue weighted by molar-refractivity contribution is 6.10. The summed E-state index contributed by atoms with van der Waals surface area (Å²) in [6.45, 7) is 0. The summed E-state index contributed by atoms with van der Waals surface area (Å²) in [7, 11) is 0. The molecule has 1 heterocycles. The first-order valence-corrected chi connectivity index (χ1v) is 7.67. The molecule has 0 aliphatic carbocycles. The predicted molar refractivity (Wildman–Crippen MR) is 97.1 cm³/mol. The van der Waals surface area contributed by atoms with E-state index in [0.29, 0.717) is 22.3 Å². The molecule has 0 saturated heterocycles. The summed E-state index contributed by atoms with van der Waals surface area (Å²) in [6, 6.07) is 18.2. The molecule has 0 spiro atoms. The minimum atomic E-state index is -0.751. The van der Waals surface area contributed by atoms with Gasteiger partial charge in [-0.2, -0.15) is 0 Å². The van der Waals surface area contributed by atoms with E-state index in [0.717, 1.165) is 10.8 Å². The van der Waals surface area contributed by atoms with Gasteiger partial charge in [-0.05, 0) is 29.7 Å². The zero-order valence-electron chi connectivity index (χ0n) is 13.0. The molecular formula is C19H13N3O3. The standard InChI is InChI=1S/C19H13N3O3/c23-17(20-14-7-3-5-11-4-1-2-6-13(11)14)12-8-9-15-16(10-12)22-19(25)18(24)21-15/h1-10H,(H,20,23)(H,21,24)(H,22,25). The van der Waals surface area contributed by atoms with Crippen molar-refractivity contribution in [1.29, 1.82) is 0 Å². The number of aromatic nitrogens is 2. The van der Waals surface area contributed by atoms with E-state index in [9.17, 15) is 14.4 Å². The summed E-state index contributed by atoms with van der Waals surface area (Å²) < 4.78 is 0. The Morgan fingerprint density at radius 1 is 0.800 bits per heavy atom. The smallest absolute Gasteiger partial charge is 0.314 e. The minimum Gasteiger partial charge on any atom is -0.321 e. The van der Waals surface area contributed by atoms with Crippen LogP contribution >= 0.6 is 0 Å². The van der Waals surface area contributed by atoms with E-state index in [1.807, 2.05) is 42.5 Å². The second-order valence-corrected chi connectivity index (χ2v) is 5.65. The van der Waals surface area contributed by atoms with Crippen LogP contribution in [-0.4, -0.2) is 15.9 Å². The maximum Gasteiger partial charge on any atom is 0.314 e. The molecule has 0 saturated carbocycles. The number of carbonyl (C=O) groups excluding carboxylic acids is 1. The normalized spacial score (nSPS) is 10.9. The van der Waals surface area contributed by atoms with Crippen LogP contribution in [0.3, 0.4) is 0 Å². The molecular weight excluding hydrogens is 318 g/mol. The first-order chi connectivity index (χ1) is 12.1. The van der Waals surface area contributed by atoms with Crippen LogP contribution in [0.1, 0.15) is 10.4 Å². The lowest BCUT2D eigenvalue weighted by Crippen LogP contribution is -2.29. The van der Waals surface area contributed by atoms with Crippen LogP contribution < -0.4 is 16.4 Å². The van der Waals surface area contributed by atoms with Gasteiger partial charge in [0.05, 0.1) is 11.0 Å². The molecule has 4 rings (SSSR count). The molecule has 3 aromatic carbocycles. The summed E-state index contributed by atoms with van der Waals surface area (Å²) in [6.07, 6.45) is 0. The topological polar surface area (TPSA) is 94.8 Å². The molecule has 4 aromatic rings. The molecule has 1 amide bonds. The Morgan fingerprint density at radius 2 is 1.52 bits per heavy atom. The Hall–Kier alpha value is -3.67. The highest BCUT2D eigenvalue weighted by Crippen LogP contribution is 2.23. The Bertz CT molecular complexity index is 1230. The summed E-state index contributed by atoms with van der Waals surface area (Å²) >= 11 is 0. The molecule has 3 N–H and O–H groups in total. The molecule has 122 valence electrons. The first-order valence-electron chi connectivity index (χ1n) is 7.67. The Balaban J connectivity index is 1.73. The number of rotatable bonds is 2. The molecule has 0 atom stereocenters. The monoisotopic (exact) mass is 331 g/mol. The first kappa shape index (κ1) is 14.9. The molecule has 6 nitrogen and oxygen atoms in total.